The Morgan fingerprint density at radius 1 is 1.28 bits per heavy atom. The fraction of sp³-hybridized carbons (Fsp3) is 0.571. The molecule has 2 N–H and O–H groups in total. The van der Waals surface area contributed by atoms with Crippen molar-refractivity contribution in [3.8, 4) is 0 Å². The number of aromatic nitrogens is 4. The highest BCUT2D eigenvalue weighted by Crippen LogP contribution is 2.27. The topological polar surface area (TPSA) is 114 Å². The summed E-state index contributed by atoms with van der Waals surface area (Å²) in [7, 11) is 3.24. The molecule has 1 aliphatic heterocycles. The highest BCUT2D eigenvalue weighted by atomic mass is 32.2. The molecule has 32 heavy (non-hydrogen) atoms. The van der Waals surface area contributed by atoms with Crippen LogP contribution in [-0.2, 0) is 20.9 Å². The van der Waals surface area contributed by atoms with Gasteiger partial charge in [-0.1, -0.05) is 18.2 Å². The normalized spacial score (nSPS) is 18.9. The minimum absolute atomic E-state index is 0.0636. The van der Waals surface area contributed by atoms with E-state index in [1.165, 1.54) is 18.9 Å². The van der Waals surface area contributed by atoms with E-state index in [1.54, 1.807) is 25.6 Å². The van der Waals surface area contributed by atoms with E-state index in [0.29, 0.717) is 18.2 Å². The Bertz CT molecular complexity index is 895. The van der Waals surface area contributed by atoms with E-state index in [2.05, 4.69) is 26.2 Å². The summed E-state index contributed by atoms with van der Waals surface area (Å²) in [4.78, 5) is 28.8. The number of amides is 2. The predicted molar refractivity (Wildman–Crippen MR) is 120 cm³/mol. The van der Waals surface area contributed by atoms with Crippen LogP contribution in [0.4, 0.5) is 0 Å². The molecule has 1 saturated heterocycles. The third-order valence-corrected chi connectivity index (χ3v) is 6.71. The molecule has 2 aromatic rings. The molecule has 10 nitrogen and oxygen atoms in total. The highest BCUT2D eigenvalue weighted by Gasteiger charge is 2.37. The number of carbonyl (C=O) groups excluding carboxylic acids is 2. The Hall–Kier alpha value is -2.50. The largest absolute Gasteiger partial charge is 0.379 e. The summed E-state index contributed by atoms with van der Waals surface area (Å²) in [5.74, 6) is -0.392. The summed E-state index contributed by atoms with van der Waals surface area (Å²) >= 11 is 1.48. The SMILES string of the molecule is CN[C@@H](C)C(=O)N[C@H](C(=O)N1CCC[C@H]1Cn1nnnc1Sc1ccccc1)[C@@H](C)OC. The van der Waals surface area contributed by atoms with Gasteiger partial charge >= 0.3 is 0 Å². The van der Waals surface area contributed by atoms with Crippen molar-refractivity contribution >= 4 is 23.6 Å². The molecule has 0 aliphatic carbocycles. The third kappa shape index (κ3) is 5.84. The van der Waals surface area contributed by atoms with Crippen LogP contribution in [0.25, 0.3) is 0 Å². The van der Waals surface area contributed by atoms with Gasteiger partial charge in [0, 0.05) is 18.6 Å². The zero-order chi connectivity index (χ0) is 23.1. The average molecular weight is 462 g/mol. The van der Waals surface area contributed by atoms with Crippen molar-refractivity contribution in [2.75, 3.05) is 20.7 Å². The van der Waals surface area contributed by atoms with E-state index < -0.39 is 18.2 Å². The molecule has 2 amide bonds. The van der Waals surface area contributed by atoms with Gasteiger partial charge in [-0.2, -0.15) is 0 Å². The van der Waals surface area contributed by atoms with Crippen molar-refractivity contribution < 1.29 is 14.3 Å². The Morgan fingerprint density at radius 2 is 2.03 bits per heavy atom. The second-order valence-electron chi connectivity index (χ2n) is 7.82. The molecule has 0 radical (unpaired) electrons. The molecule has 0 saturated carbocycles. The molecule has 0 unspecified atom stereocenters. The van der Waals surface area contributed by atoms with Gasteiger partial charge in [0.2, 0.25) is 17.0 Å². The fourth-order valence-corrected chi connectivity index (χ4v) is 4.40. The molecule has 4 atom stereocenters. The first-order chi connectivity index (χ1) is 15.4. The first-order valence-corrected chi connectivity index (χ1v) is 11.6. The number of methoxy groups -OCH3 is 1. The van der Waals surface area contributed by atoms with E-state index in [0.717, 1.165) is 17.7 Å². The maximum Gasteiger partial charge on any atom is 0.248 e. The number of ether oxygens (including phenoxy) is 1. The number of likely N-dealkylation sites (tertiary alicyclic amines) is 1. The number of tetrazole rings is 1. The molecule has 0 bridgehead atoms. The van der Waals surface area contributed by atoms with Crippen LogP contribution in [0.3, 0.4) is 0 Å². The Labute approximate surface area is 192 Å². The number of carbonyl (C=O) groups is 2. The molecule has 11 heteroatoms. The van der Waals surface area contributed by atoms with Gasteiger partial charge in [-0.15, -0.1) is 5.10 Å². The maximum atomic E-state index is 13.5. The summed E-state index contributed by atoms with van der Waals surface area (Å²) in [5.41, 5.74) is 0. The van der Waals surface area contributed by atoms with Crippen molar-refractivity contribution in [3.05, 3.63) is 30.3 Å². The highest BCUT2D eigenvalue weighted by molar-refractivity contribution is 7.99. The number of nitrogens with zero attached hydrogens (tertiary/aromatic N) is 5. The van der Waals surface area contributed by atoms with E-state index in [1.807, 2.05) is 35.2 Å². The van der Waals surface area contributed by atoms with Crippen LogP contribution in [-0.4, -0.2) is 81.9 Å². The quantitative estimate of drug-likeness (QED) is 0.537. The zero-order valence-corrected chi connectivity index (χ0v) is 19.7. The minimum Gasteiger partial charge on any atom is -0.379 e. The smallest absolute Gasteiger partial charge is 0.248 e. The predicted octanol–water partition coefficient (Wildman–Crippen LogP) is 0.943. The number of hydrogen-bond acceptors (Lipinski definition) is 8. The zero-order valence-electron chi connectivity index (χ0n) is 18.9. The molecular formula is C21H31N7O3S. The van der Waals surface area contributed by atoms with Gasteiger partial charge < -0.3 is 20.3 Å². The summed E-state index contributed by atoms with van der Waals surface area (Å²) in [6.07, 6.45) is 1.26. The number of hydrogen-bond donors (Lipinski definition) is 2. The van der Waals surface area contributed by atoms with Crippen LogP contribution in [0.15, 0.2) is 40.4 Å². The molecule has 174 valence electrons. The van der Waals surface area contributed by atoms with Gasteiger partial charge in [0.15, 0.2) is 0 Å². The number of nitrogens with one attached hydrogen (secondary N) is 2. The first-order valence-electron chi connectivity index (χ1n) is 10.7. The van der Waals surface area contributed by atoms with Gasteiger partial charge in [-0.05, 0) is 68.1 Å². The Kier molecular flexibility index (Phi) is 8.60. The third-order valence-electron chi connectivity index (χ3n) is 5.73. The van der Waals surface area contributed by atoms with Crippen LogP contribution in [0.2, 0.25) is 0 Å². The lowest BCUT2D eigenvalue weighted by molar-refractivity contribution is -0.141. The lowest BCUT2D eigenvalue weighted by Gasteiger charge is -2.32. The van der Waals surface area contributed by atoms with Crippen molar-refractivity contribution in [2.45, 2.75) is 67.5 Å². The van der Waals surface area contributed by atoms with Crippen LogP contribution < -0.4 is 10.6 Å². The summed E-state index contributed by atoms with van der Waals surface area (Å²) in [5, 5.41) is 18.5. The van der Waals surface area contributed by atoms with Crippen LogP contribution >= 0.6 is 11.8 Å². The molecule has 1 aromatic carbocycles. The van der Waals surface area contributed by atoms with Gasteiger partial charge in [-0.3, -0.25) is 9.59 Å². The maximum absolute atomic E-state index is 13.5. The van der Waals surface area contributed by atoms with Gasteiger partial charge in [0.25, 0.3) is 0 Å². The van der Waals surface area contributed by atoms with E-state index >= 15 is 0 Å². The molecule has 1 aromatic heterocycles. The summed E-state index contributed by atoms with van der Waals surface area (Å²) in [6.45, 7) is 4.64. The van der Waals surface area contributed by atoms with Crippen LogP contribution in [0.5, 0.6) is 0 Å². The second-order valence-corrected chi connectivity index (χ2v) is 8.86. The lowest BCUT2D eigenvalue weighted by Crippen LogP contribution is -2.58. The fourth-order valence-electron chi connectivity index (χ4n) is 3.60. The van der Waals surface area contributed by atoms with Crippen molar-refractivity contribution in [1.82, 2.24) is 35.7 Å². The molecule has 0 spiro atoms. The average Bonchev–Trinajstić information content (AvgIpc) is 3.46. The number of rotatable bonds is 10. The van der Waals surface area contributed by atoms with Crippen LogP contribution in [0, 0.1) is 0 Å². The van der Waals surface area contributed by atoms with E-state index in [9.17, 15) is 9.59 Å². The molecule has 1 fully saturated rings. The molecule has 2 heterocycles. The molecule has 3 rings (SSSR count). The van der Waals surface area contributed by atoms with Gasteiger partial charge in [0.05, 0.1) is 24.7 Å². The Balaban J connectivity index is 1.72. The van der Waals surface area contributed by atoms with Crippen molar-refractivity contribution in [2.24, 2.45) is 0 Å². The summed E-state index contributed by atoms with van der Waals surface area (Å²) < 4.78 is 7.15. The number of likely N-dealkylation sites (N-methyl/N-ethyl adjacent to an activating group) is 1. The summed E-state index contributed by atoms with van der Waals surface area (Å²) in [6, 6.07) is 8.65. The monoisotopic (exact) mass is 461 g/mol. The molecule has 1 aliphatic rings. The first kappa shape index (κ1) is 24.1. The van der Waals surface area contributed by atoms with Gasteiger partial charge in [-0.25, -0.2) is 4.68 Å². The van der Waals surface area contributed by atoms with Crippen LogP contribution in [0.1, 0.15) is 26.7 Å². The number of benzene rings is 1. The van der Waals surface area contributed by atoms with E-state index in [4.69, 9.17) is 4.74 Å². The molecular weight excluding hydrogens is 430 g/mol. The standard InChI is InChI=1S/C21H31N7O3S/c1-14(22-3)19(29)23-18(15(2)31-4)20(30)27-12-8-9-16(27)13-28-21(24-25-26-28)32-17-10-6-5-7-11-17/h5-7,10-11,14-16,18,22H,8-9,12-13H2,1-4H3,(H,23,29)/t14-,15+,16-,18-/m0/s1. The van der Waals surface area contributed by atoms with Gasteiger partial charge in [0.1, 0.15) is 6.04 Å². The minimum atomic E-state index is -0.768. The van der Waals surface area contributed by atoms with Crippen molar-refractivity contribution in [3.63, 3.8) is 0 Å². The van der Waals surface area contributed by atoms with Crippen molar-refractivity contribution in [1.29, 1.82) is 0 Å². The Morgan fingerprint density at radius 3 is 2.72 bits per heavy atom. The van der Waals surface area contributed by atoms with E-state index in [-0.39, 0.29) is 17.9 Å². The lowest BCUT2D eigenvalue weighted by atomic mass is 10.1. The second kappa shape index (κ2) is 11.4.